The predicted octanol–water partition coefficient (Wildman–Crippen LogP) is 2.66. The van der Waals surface area contributed by atoms with Gasteiger partial charge in [0.2, 0.25) is 0 Å². The van der Waals surface area contributed by atoms with Crippen molar-refractivity contribution in [2.24, 2.45) is 4.99 Å². The summed E-state index contributed by atoms with van der Waals surface area (Å²) >= 11 is 0. The Balaban J connectivity index is 2.02. The lowest BCUT2D eigenvalue weighted by Gasteiger charge is -2.34. The fourth-order valence-corrected chi connectivity index (χ4v) is 2.80. The zero-order valence-corrected chi connectivity index (χ0v) is 14.4. The van der Waals surface area contributed by atoms with Gasteiger partial charge in [-0.25, -0.2) is 9.38 Å². The van der Waals surface area contributed by atoms with Gasteiger partial charge in [-0.05, 0) is 38.8 Å². The second kappa shape index (κ2) is 9.24. The molecule has 0 radical (unpaired) electrons. The first-order valence-electron chi connectivity index (χ1n) is 8.51. The highest BCUT2D eigenvalue weighted by molar-refractivity contribution is 5.80. The van der Waals surface area contributed by atoms with Gasteiger partial charge in [0.1, 0.15) is 5.82 Å². The van der Waals surface area contributed by atoms with Gasteiger partial charge < -0.3 is 15.0 Å². The van der Waals surface area contributed by atoms with Crippen molar-refractivity contribution in [3.63, 3.8) is 0 Å². The number of halogens is 1. The minimum Gasteiger partial charge on any atom is -0.378 e. The molecule has 1 N–H and O–H groups in total. The molecule has 1 heterocycles. The number of hydrogen-bond donors (Lipinski definition) is 1. The van der Waals surface area contributed by atoms with Crippen LogP contribution in [0, 0.1) is 17.1 Å². The van der Waals surface area contributed by atoms with E-state index in [0.29, 0.717) is 17.2 Å². The molecule has 0 aliphatic carbocycles. The number of rotatable bonds is 5. The molecule has 0 bridgehead atoms. The number of benzene rings is 1. The molecule has 130 valence electrons. The molecule has 2 rings (SSSR count). The molecule has 1 saturated heterocycles. The Labute approximate surface area is 143 Å². The molecule has 0 aromatic heterocycles. The molecule has 5 nitrogen and oxygen atoms in total. The van der Waals surface area contributed by atoms with E-state index in [2.05, 4.69) is 15.2 Å². The van der Waals surface area contributed by atoms with Gasteiger partial charge in [0.15, 0.2) is 5.96 Å². The third kappa shape index (κ3) is 4.93. The number of likely N-dealkylation sites (tertiary alicyclic amines) is 1. The molecule has 24 heavy (non-hydrogen) atoms. The monoisotopic (exact) mass is 332 g/mol. The molecule has 1 aliphatic heterocycles. The third-order valence-electron chi connectivity index (χ3n) is 4.06. The van der Waals surface area contributed by atoms with Crippen LogP contribution >= 0.6 is 0 Å². The van der Waals surface area contributed by atoms with Crippen molar-refractivity contribution in [2.75, 3.05) is 26.2 Å². The lowest BCUT2D eigenvalue weighted by molar-refractivity contribution is 0.0263. The van der Waals surface area contributed by atoms with Gasteiger partial charge in [0, 0.05) is 31.8 Å². The van der Waals surface area contributed by atoms with E-state index in [0.717, 1.165) is 45.0 Å². The maximum absolute atomic E-state index is 14.0. The fourth-order valence-electron chi connectivity index (χ4n) is 2.80. The minimum absolute atomic E-state index is 0.255. The standard InChI is InChI=1S/C18H25FN4O/c1-3-21-18(23-9-7-16(8-10-23)24-4-2)22-13-15-6-5-14(12-20)11-17(15)19/h5-6,11,16H,3-4,7-10,13H2,1-2H3,(H,21,22). The van der Waals surface area contributed by atoms with Crippen LogP contribution in [0.15, 0.2) is 23.2 Å². The van der Waals surface area contributed by atoms with Crippen molar-refractivity contribution in [2.45, 2.75) is 39.3 Å². The van der Waals surface area contributed by atoms with Crippen molar-refractivity contribution in [1.29, 1.82) is 5.26 Å². The minimum atomic E-state index is -0.385. The summed E-state index contributed by atoms with van der Waals surface area (Å²) in [5.41, 5.74) is 0.818. The molecule has 1 aromatic carbocycles. The van der Waals surface area contributed by atoms with E-state index in [1.807, 2.05) is 19.9 Å². The first-order chi connectivity index (χ1) is 11.7. The Morgan fingerprint density at radius 2 is 2.17 bits per heavy atom. The smallest absolute Gasteiger partial charge is 0.194 e. The van der Waals surface area contributed by atoms with Crippen LogP contribution in [-0.2, 0) is 11.3 Å². The number of guanidine groups is 1. The summed E-state index contributed by atoms with van der Waals surface area (Å²) in [6.45, 7) is 7.57. The lowest BCUT2D eigenvalue weighted by atomic mass is 10.1. The molecule has 1 aliphatic rings. The van der Waals surface area contributed by atoms with Crippen LogP contribution in [0.2, 0.25) is 0 Å². The van der Waals surface area contributed by atoms with Gasteiger partial charge >= 0.3 is 0 Å². The second-order valence-corrected chi connectivity index (χ2v) is 5.73. The summed E-state index contributed by atoms with van der Waals surface area (Å²) in [6.07, 6.45) is 2.28. The molecule has 0 saturated carbocycles. The summed E-state index contributed by atoms with van der Waals surface area (Å²) < 4.78 is 19.7. The van der Waals surface area contributed by atoms with Gasteiger partial charge in [0.25, 0.3) is 0 Å². The molecule has 6 heteroatoms. The first kappa shape index (κ1) is 18.2. The Hall–Kier alpha value is -2.13. The molecule has 0 atom stereocenters. The normalized spacial score (nSPS) is 16.1. The Morgan fingerprint density at radius 1 is 1.42 bits per heavy atom. The second-order valence-electron chi connectivity index (χ2n) is 5.73. The highest BCUT2D eigenvalue weighted by atomic mass is 19.1. The van der Waals surface area contributed by atoms with E-state index in [9.17, 15) is 4.39 Å². The Morgan fingerprint density at radius 3 is 2.75 bits per heavy atom. The van der Waals surface area contributed by atoms with Crippen LogP contribution in [0.25, 0.3) is 0 Å². The number of nitrogens with zero attached hydrogens (tertiary/aromatic N) is 3. The van der Waals surface area contributed by atoms with Gasteiger partial charge in [-0.2, -0.15) is 5.26 Å². The van der Waals surface area contributed by atoms with Crippen LogP contribution < -0.4 is 5.32 Å². The van der Waals surface area contributed by atoms with E-state index in [-0.39, 0.29) is 12.4 Å². The molecule has 0 amide bonds. The molecular weight excluding hydrogens is 307 g/mol. The van der Waals surface area contributed by atoms with Crippen LogP contribution in [-0.4, -0.2) is 43.2 Å². The number of nitrogens with one attached hydrogen (secondary N) is 1. The van der Waals surface area contributed by atoms with E-state index >= 15 is 0 Å². The van der Waals surface area contributed by atoms with Crippen molar-refractivity contribution in [1.82, 2.24) is 10.2 Å². The van der Waals surface area contributed by atoms with Gasteiger partial charge in [-0.15, -0.1) is 0 Å². The quantitative estimate of drug-likeness (QED) is 0.665. The van der Waals surface area contributed by atoms with Crippen LogP contribution in [0.5, 0.6) is 0 Å². The summed E-state index contributed by atoms with van der Waals surface area (Å²) in [6, 6.07) is 6.44. The van der Waals surface area contributed by atoms with E-state index in [4.69, 9.17) is 10.00 Å². The molecular formula is C18H25FN4O. The average molecular weight is 332 g/mol. The predicted molar refractivity (Wildman–Crippen MR) is 92.2 cm³/mol. The number of ether oxygens (including phenoxy) is 1. The van der Waals surface area contributed by atoms with Gasteiger partial charge in [0.05, 0.1) is 24.3 Å². The summed E-state index contributed by atoms with van der Waals surface area (Å²) in [5.74, 6) is 0.417. The van der Waals surface area contributed by atoms with Crippen LogP contribution in [0.4, 0.5) is 4.39 Å². The largest absolute Gasteiger partial charge is 0.378 e. The SMILES string of the molecule is CCNC(=NCc1ccc(C#N)cc1F)N1CCC(OCC)CC1. The maximum Gasteiger partial charge on any atom is 0.194 e. The summed E-state index contributed by atoms with van der Waals surface area (Å²) in [5, 5.41) is 12.1. The molecule has 0 spiro atoms. The van der Waals surface area contributed by atoms with Gasteiger partial charge in [-0.1, -0.05) is 6.07 Å². The van der Waals surface area contributed by atoms with Gasteiger partial charge in [-0.3, -0.25) is 0 Å². The number of piperidine rings is 1. The number of nitriles is 1. The zero-order chi connectivity index (χ0) is 17.4. The molecule has 1 aromatic rings. The zero-order valence-electron chi connectivity index (χ0n) is 14.4. The van der Waals surface area contributed by atoms with Crippen LogP contribution in [0.1, 0.15) is 37.8 Å². The van der Waals surface area contributed by atoms with E-state index in [1.165, 1.54) is 6.07 Å². The van der Waals surface area contributed by atoms with E-state index in [1.54, 1.807) is 12.1 Å². The molecule has 1 fully saturated rings. The van der Waals surface area contributed by atoms with Crippen molar-refractivity contribution >= 4 is 5.96 Å². The van der Waals surface area contributed by atoms with Crippen LogP contribution in [0.3, 0.4) is 0 Å². The summed E-state index contributed by atoms with van der Waals surface area (Å²) in [7, 11) is 0. The third-order valence-corrected chi connectivity index (χ3v) is 4.06. The topological polar surface area (TPSA) is 60.7 Å². The first-order valence-corrected chi connectivity index (χ1v) is 8.51. The van der Waals surface area contributed by atoms with Crippen molar-refractivity contribution in [3.05, 3.63) is 35.1 Å². The maximum atomic E-state index is 14.0. The molecule has 0 unspecified atom stereocenters. The van der Waals surface area contributed by atoms with Crippen molar-refractivity contribution in [3.8, 4) is 6.07 Å². The highest BCUT2D eigenvalue weighted by Crippen LogP contribution is 2.15. The van der Waals surface area contributed by atoms with E-state index < -0.39 is 0 Å². The lowest BCUT2D eigenvalue weighted by Crippen LogP contribution is -2.47. The number of aliphatic imine (C=N–C) groups is 1. The Bertz CT molecular complexity index is 604. The fraction of sp³-hybridized carbons (Fsp3) is 0.556. The highest BCUT2D eigenvalue weighted by Gasteiger charge is 2.21. The Kier molecular flexibility index (Phi) is 7.01. The average Bonchev–Trinajstić information content (AvgIpc) is 2.60. The van der Waals surface area contributed by atoms with Crippen molar-refractivity contribution < 1.29 is 9.13 Å². The summed E-state index contributed by atoms with van der Waals surface area (Å²) in [4.78, 5) is 6.76. The number of hydrogen-bond acceptors (Lipinski definition) is 3.